The molecule has 1 rings (SSSR count). The van der Waals surface area contributed by atoms with Crippen LogP contribution in [0.15, 0.2) is 35.3 Å². The first-order valence-electron chi connectivity index (χ1n) is 3.86. The third-order valence-corrected chi connectivity index (χ3v) is 2.23. The average molecular weight is 167 g/mol. The molecule has 1 aliphatic carbocycles. The Kier molecular flexibility index (Phi) is 4.09. The number of nitrogens with one attached hydrogen (secondary N) is 1. The van der Waals surface area contributed by atoms with Gasteiger partial charge in [-0.15, -0.1) is 0 Å². The maximum Gasteiger partial charge on any atom is 0.0224 e. The predicted molar refractivity (Wildman–Crippen MR) is 52.2 cm³/mol. The summed E-state index contributed by atoms with van der Waals surface area (Å²) in [5.41, 5.74) is 0. The van der Waals surface area contributed by atoms with Crippen molar-refractivity contribution in [3.63, 3.8) is 0 Å². The summed E-state index contributed by atoms with van der Waals surface area (Å²) >= 11 is 1.68. The molecule has 1 nitrogen and oxygen atoms in total. The van der Waals surface area contributed by atoms with Crippen LogP contribution < -0.4 is 4.72 Å². The van der Waals surface area contributed by atoms with Gasteiger partial charge in [-0.3, -0.25) is 4.72 Å². The molecule has 0 saturated carbocycles. The molecule has 0 unspecified atom stereocenters. The molecule has 2 heteroatoms. The van der Waals surface area contributed by atoms with Crippen molar-refractivity contribution < 1.29 is 0 Å². The van der Waals surface area contributed by atoms with Crippen LogP contribution >= 0.6 is 11.9 Å². The second-order valence-electron chi connectivity index (χ2n) is 2.24. The molecule has 0 bridgehead atoms. The maximum atomic E-state index is 3.21. The predicted octanol–water partition coefficient (Wildman–Crippen LogP) is 2.64. The van der Waals surface area contributed by atoms with Crippen molar-refractivity contribution in [3.05, 3.63) is 35.3 Å². The second-order valence-corrected chi connectivity index (χ2v) is 3.20. The summed E-state index contributed by atoms with van der Waals surface area (Å²) in [5.74, 6) is 0. The second kappa shape index (κ2) is 5.22. The molecule has 0 aliphatic heterocycles. The molecule has 0 heterocycles. The van der Waals surface area contributed by atoms with Crippen LogP contribution in [0.5, 0.6) is 0 Å². The van der Waals surface area contributed by atoms with Gasteiger partial charge in [-0.25, -0.2) is 0 Å². The van der Waals surface area contributed by atoms with Gasteiger partial charge >= 0.3 is 0 Å². The monoisotopic (exact) mass is 167 g/mol. The zero-order valence-corrected chi connectivity index (χ0v) is 7.53. The summed E-state index contributed by atoms with van der Waals surface area (Å²) in [4.78, 5) is 1.28. The third kappa shape index (κ3) is 3.44. The van der Waals surface area contributed by atoms with Crippen molar-refractivity contribution in [2.45, 2.75) is 13.3 Å². The Labute approximate surface area is 72.4 Å². The van der Waals surface area contributed by atoms with Gasteiger partial charge in [0.25, 0.3) is 0 Å². The van der Waals surface area contributed by atoms with E-state index in [0.29, 0.717) is 0 Å². The van der Waals surface area contributed by atoms with Gasteiger partial charge in [0.1, 0.15) is 0 Å². The molecule has 11 heavy (non-hydrogen) atoms. The van der Waals surface area contributed by atoms with Crippen LogP contribution in [-0.2, 0) is 0 Å². The van der Waals surface area contributed by atoms with Crippen LogP contribution in [0.3, 0.4) is 0 Å². The van der Waals surface area contributed by atoms with Gasteiger partial charge in [0.2, 0.25) is 0 Å². The Hall–Kier alpha value is -0.470. The minimum atomic E-state index is 1.000. The molecule has 0 aromatic heterocycles. The molecule has 1 N–H and O–H groups in total. The summed E-state index contributed by atoms with van der Waals surface area (Å²) in [6.45, 7) is 3.10. The average Bonchev–Trinajstić information content (AvgIpc) is 2.28. The first kappa shape index (κ1) is 8.62. The summed E-state index contributed by atoms with van der Waals surface area (Å²) in [6.07, 6.45) is 11.7. The summed E-state index contributed by atoms with van der Waals surface area (Å²) in [5, 5.41) is 0. The fourth-order valence-electron chi connectivity index (χ4n) is 0.783. The number of hydrogen-bond acceptors (Lipinski definition) is 2. The molecule has 0 radical (unpaired) electrons. The fourth-order valence-corrected chi connectivity index (χ4v) is 1.41. The van der Waals surface area contributed by atoms with Crippen LogP contribution in [0, 0.1) is 0 Å². The molecule has 0 saturated heterocycles. The molecular weight excluding hydrogens is 154 g/mol. The lowest BCUT2D eigenvalue weighted by molar-refractivity contribution is 1.04. The first-order chi connectivity index (χ1) is 5.43. The smallest absolute Gasteiger partial charge is 0.0224 e. The topological polar surface area (TPSA) is 12.0 Å². The van der Waals surface area contributed by atoms with Crippen molar-refractivity contribution in [2.75, 3.05) is 6.54 Å². The molecule has 1 aliphatic rings. The zero-order valence-electron chi connectivity index (χ0n) is 6.71. The highest BCUT2D eigenvalue weighted by Crippen LogP contribution is 2.15. The standard InChI is InChI=1S/C9H13NS/c1-2-10-11-9-7-5-3-4-6-8-9/h3,5-8,10H,2,4H2,1H3. The van der Waals surface area contributed by atoms with E-state index in [0.717, 1.165) is 13.0 Å². The van der Waals surface area contributed by atoms with Gasteiger partial charge in [-0.1, -0.05) is 31.2 Å². The van der Waals surface area contributed by atoms with Crippen molar-refractivity contribution in [1.82, 2.24) is 4.72 Å². The number of rotatable bonds is 3. The third-order valence-electron chi connectivity index (χ3n) is 1.29. The molecule has 0 amide bonds. The Morgan fingerprint density at radius 2 is 2.45 bits per heavy atom. The summed E-state index contributed by atoms with van der Waals surface area (Å²) < 4.78 is 3.21. The SMILES string of the molecule is CCNSC1=CC=CCC=C1. The van der Waals surface area contributed by atoms with Crippen LogP contribution in [0.4, 0.5) is 0 Å². The Morgan fingerprint density at radius 1 is 1.55 bits per heavy atom. The van der Waals surface area contributed by atoms with Crippen molar-refractivity contribution in [3.8, 4) is 0 Å². The first-order valence-corrected chi connectivity index (χ1v) is 4.68. The number of allylic oxidation sites excluding steroid dienone is 5. The quantitative estimate of drug-likeness (QED) is 0.648. The van der Waals surface area contributed by atoms with Crippen LogP contribution in [0.1, 0.15) is 13.3 Å². The van der Waals surface area contributed by atoms with Gasteiger partial charge in [-0.05, 0) is 24.4 Å². The van der Waals surface area contributed by atoms with E-state index < -0.39 is 0 Å². The van der Waals surface area contributed by atoms with Crippen LogP contribution in [0.25, 0.3) is 0 Å². The van der Waals surface area contributed by atoms with E-state index in [9.17, 15) is 0 Å². The van der Waals surface area contributed by atoms with E-state index >= 15 is 0 Å². The molecule has 0 spiro atoms. The van der Waals surface area contributed by atoms with E-state index in [2.05, 4.69) is 42.0 Å². The lowest BCUT2D eigenvalue weighted by Crippen LogP contribution is -1.99. The lowest BCUT2D eigenvalue weighted by atomic mass is 10.4. The van der Waals surface area contributed by atoms with Crippen molar-refractivity contribution >= 4 is 11.9 Å². The summed E-state index contributed by atoms with van der Waals surface area (Å²) in [6, 6.07) is 0. The Bertz CT molecular complexity index is 192. The molecular formula is C9H13NS. The lowest BCUT2D eigenvalue weighted by Gasteiger charge is -1.98. The minimum Gasteiger partial charge on any atom is -0.260 e. The van der Waals surface area contributed by atoms with Crippen LogP contribution in [-0.4, -0.2) is 6.54 Å². The highest BCUT2D eigenvalue weighted by Gasteiger charge is 1.91. The number of hydrogen-bond donors (Lipinski definition) is 1. The van der Waals surface area contributed by atoms with E-state index in [1.54, 1.807) is 11.9 Å². The highest BCUT2D eigenvalue weighted by atomic mass is 32.2. The molecule has 0 atom stereocenters. The van der Waals surface area contributed by atoms with Gasteiger partial charge in [-0.2, -0.15) is 0 Å². The van der Waals surface area contributed by atoms with E-state index in [1.165, 1.54) is 4.91 Å². The zero-order chi connectivity index (χ0) is 7.94. The van der Waals surface area contributed by atoms with Gasteiger partial charge in [0, 0.05) is 11.4 Å². The Balaban J connectivity index is 2.42. The van der Waals surface area contributed by atoms with Gasteiger partial charge in [0.05, 0.1) is 0 Å². The molecule has 0 aromatic rings. The van der Waals surface area contributed by atoms with E-state index in [1.807, 2.05) is 0 Å². The highest BCUT2D eigenvalue weighted by molar-refractivity contribution is 8.01. The van der Waals surface area contributed by atoms with Crippen molar-refractivity contribution in [2.24, 2.45) is 0 Å². The molecule has 0 aromatic carbocycles. The normalized spacial score (nSPS) is 16.3. The minimum absolute atomic E-state index is 1.000. The molecule has 60 valence electrons. The fraction of sp³-hybridized carbons (Fsp3) is 0.333. The maximum absolute atomic E-state index is 3.21. The van der Waals surface area contributed by atoms with Gasteiger partial charge < -0.3 is 0 Å². The molecule has 0 fully saturated rings. The van der Waals surface area contributed by atoms with Gasteiger partial charge in [0.15, 0.2) is 0 Å². The largest absolute Gasteiger partial charge is 0.260 e. The van der Waals surface area contributed by atoms with E-state index in [-0.39, 0.29) is 0 Å². The van der Waals surface area contributed by atoms with E-state index in [4.69, 9.17) is 0 Å². The van der Waals surface area contributed by atoms with Crippen molar-refractivity contribution in [1.29, 1.82) is 0 Å². The Morgan fingerprint density at radius 3 is 3.27 bits per heavy atom. The summed E-state index contributed by atoms with van der Waals surface area (Å²) in [7, 11) is 0. The van der Waals surface area contributed by atoms with Crippen LogP contribution in [0.2, 0.25) is 0 Å².